The third-order valence-corrected chi connectivity index (χ3v) is 2.98. The number of carbonyl (C=O) groups excluding carboxylic acids is 1. The van der Waals surface area contributed by atoms with E-state index in [-0.39, 0.29) is 16.4 Å². The minimum Gasteiger partial charge on any atom is -0.366 e. The highest BCUT2D eigenvalue weighted by molar-refractivity contribution is 6.33. The molecule has 0 atom stereocenters. The smallest absolute Gasteiger partial charge is 0.366 e. The second-order valence-corrected chi connectivity index (χ2v) is 4.59. The first-order valence-electron chi connectivity index (χ1n) is 5.53. The molecule has 0 fully saturated rings. The van der Waals surface area contributed by atoms with Crippen LogP contribution in [0.25, 0.3) is 11.3 Å². The van der Waals surface area contributed by atoms with Crippen molar-refractivity contribution in [3.8, 4) is 11.3 Å². The number of hydroxylamine groups is 1. The van der Waals surface area contributed by atoms with Crippen LogP contribution in [-0.4, -0.2) is 18.0 Å². The van der Waals surface area contributed by atoms with Gasteiger partial charge in [0.1, 0.15) is 5.69 Å². The van der Waals surface area contributed by atoms with Crippen molar-refractivity contribution < 1.29 is 14.0 Å². The summed E-state index contributed by atoms with van der Waals surface area (Å²) in [7, 11) is 1.41. The van der Waals surface area contributed by atoms with E-state index >= 15 is 0 Å². The van der Waals surface area contributed by atoms with Crippen molar-refractivity contribution in [2.45, 2.75) is 0 Å². The van der Waals surface area contributed by atoms with E-state index in [2.05, 4.69) is 15.3 Å². The van der Waals surface area contributed by atoms with Gasteiger partial charge in [0.25, 0.3) is 0 Å². The first-order valence-corrected chi connectivity index (χ1v) is 6.28. The van der Waals surface area contributed by atoms with Gasteiger partial charge in [0, 0.05) is 17.6 Å². The summed E-state index contributed by atoms with van der Waals surface area (Å²) >= 11 is 11.6. The van der Waals surface area contributed by atoms with Gasteiger partial charge in [-0.2, -0.15) is 5.48 Å². The third kappa shape index (κ3) is 3.07. The van der Waals surface area contributed by atoms with Crippen molar-refractivity contribution >= 4 is 29.2 Å². The Morgan fingerprint density at radius 2 is 1.95 bits per heavy atom. The molecule has 4 nitrogen and oxygen atoms in total. The van der Waals surface area contributed by atoms with Gasteiger partial charge in [-0.3, -0.25) is 0 Å². The van der Waals surface area contributed by atoms with Gasteiger partial charge in [-0.05, 0) is 18.2 Å². The Kier molecular flexibility index (Phi) is 4.54. The second kappa shape index (κ2) is 6.17. The fourth-order valence-corrected chi connectivity index (χ4v) is 1.90. The number of hydrogen-bond acceptors (Lipinski definition) is 4. The zero-order valence-electron chi connectivity index (χ0n) is 10.3. The van der Waals surface area contributed by atoms with Crippen LogP contribution in [0.5, 0.6) is 0 Å². The molecule has 0 saturated heterocycles. The minimum absolute atomic E-state index is 0.00544. The van der Waals surface area contributed by atoms with Crippen LogP contribution in [-0.2, 0) is 4.84 Å². The zero-order chi connectivity index (χ0) is 14.7. The Labute approximate surface area is 124 Å². The van der Waals surface area contributed by atoms with Crippen molar-refractivity contribution in [1.82, 2.24) is 10.5 Å². The van der Waals surface area contributed by atoms with Crippen LogP contribution in [0, 0.1) is 5.82 Å². The summed E-state index contributed by atoms with van der Waals surface area (Å²) in [5.41, 5.74) is 2.51. The average molecular weight is 315 g/mol. The molecule has 0 aliphatic heterocycles. The van der Waals surface area contributed by atoms with Crippen molar-refractivity contribution in [2.75, 3.05) is 7.05 Å². The van der Waals surface area contributed by atoms with Gasteiger partial charge in [0.05, 0.1) is 5.02 Å². The highest BCUT2D eigenvalue weighted by atomic mass is 35.5. The Bertz CT molecular complexity index is 648. The van der Waals surface area contributed by atoms with Gasteiger partial charge >= 0.3 is 5.97 Å². The number of rotatable bonds is 3. The maximum atomic E-state index is 13.9. The molecule has 7 heteroatoms. The second-order valence-electron chi connectivity index (χ2n) is 3.75. The van der Waals surface area contributed by atoms with Gasteiger partial charge < -0.3 is 4.84 Å². The zero-order valence-corrected chi connectivity index (χ0v) is 11.8. The maximum absolute atomic E-state index is 13.9. The van der Waals surface area contributed by atoms with Crippen LogP contribution >= 0.6 is 23.2 Å². The van der Waals surface area contributed by atoms with Crippen molar-refractivity contribution in [3.05, 3.63) is 51.9 Å². The molecule has 0 saturated carbocycles. The van der Waals surface area contributed by atoms with Crippen LogP contribution in [0.2, 0.25) is 10.0 Å². The lowest BCUT2D eigenvalue weighted by molar-refractivity contribution is 0.0303. The quantitative estimate of drug-likeness (QED) is 0.881. The summed E-state index contributed by atoms with van der Waals surface area (Å²) in [5, 5.41) is 0.387. The highest BCUT2D eigenvalue weighted by Crippen LogP contribution is 2.26. The molecule has 0 bridgehead atoms. The van der Waals surface area contributed by atoms with Gasteiger partial charge in [-0.1, -0.05) is 35.3 Å². The van der Waals surface area contributed by atoms with Crippen LogP contribution in [0.1, 0.15) is 10.5 Å². The lowest BCUT2D eigenvalue weighted by Crippen LogP contribution is -2.17. The SMILES string of the molecule is CNOC(=O)c1nc(-c2ccc(Cl)cc2)c(F)cc1Cl. The number of hydrogen-bond donors (Lipinski definition) is 1. The summed E-state index contributed by atoms with van der Waals surface area (Å²) in [4.78, 5) is 20.1. The monoisotopic (exact) mass is 314 g/mol. The molecule has 1 heterocycles. The molecule has 0 aliphatic rings. The van der Waals surface area contributed by atoms with Crippen LogP contribution in [0.4, 0.5) is 4.39 Å². The lowest BCUT2D eigenvalue weighted by Gasteiger charge is -2.08. The summed E-state index contributed by atoms with van der Waals surface area (Å²) in [6.07, 6.45) is 0. The molecule has 0 radical (unpaired) electrons. The minimum atomic E-state index is -0.798. The first kappa shape index (κ1) is 14.7. The Morgan fingerprint density at radius 3 is 2.55 bits per heavy atom. The molecule has 1 N–H and O–H groups in total. The van der Waals surface area contributed by atoms with Gasteiger partial charge in [-0.25, -0.2) is 14.2 Å². The van der Waals surface area contributed by atoms with Crippen molar-refractivity contribution in [1.29, 1.82) is 0 Å². The number of nitrogens with one attached hydrogen (secondary N) is 1. The summed E-state index contributed by atoms with van der Waals surface area (Å²) < 4.78 is 13.9. The van der Waals surface area contributed by atoms with Gasteiger partial charge in [0.2, 0.25) is 0 Å². The van der Waals surface area contributed by atoms with E-state index in [0.717, 1.165) is 6.07 Å². The third-order valence-electron chi connectivity index (χ3n) is 2.44. The maximum Gasteiger partial charge on any atom is 0.377 e. The normalized spacial score (nSPS) is 10.4. The predicted octanol–water partition coefficient (Wildman–Crippen LogP) is 3.49. The predicted molar refractivity (Wildman–Crippen MR) is 74.1 cm³/mol. The topological polar surface area (TPSA) is 51.2 Å². The molecule has 0 aliphatic carbocycles. The molecule has 2 rings (SSSR count). The Morgan fingerprint density at radius 1 is 1.30 bits per heavy atom. The molecule has 0 spiro atoms. The molecular weight excluding hydrogens is 306 g/mol. The van der Waals surface area contributed by atoms with E-state index in [0.29, 0.717) is 10.6 Å². The van der Waals surface area contributed by atoms with E-state index < -0.39 is 11.8 Å². The number of carbonyl (C=O) groups is 1. The lowest BCUT2D eigenvalue weighted by atomic mass is 10.1. The van der Waals surface area contributed by atoms with E-state index in [9.17, 15) is 9.18 Å². The van der Waals surface area contributed by atoms with Gasteiger partial charge in [-0.15, -0.1) is 0 Å². The van der Waals surface area contributed by atoms with E-state index in [4.69, 9.17) is 23.2 Å². The number of aromatic nitrogens is 1. The van der Waals surface area contributed by atoms with Crippen LogP contribution < -0.4 is 5.48 Å². The Balaban J connectivity index is 2.51. The van der Waals surface area contributed by atoms with E-state index in [1.807, 2.05) is 0 Å². The summed E-state index contributed by atoms with van der Waals surface area (Å²) in [6, 6.07) is 7.39. The highest BCUT2D eigenvalue weighted by Gasteiger charge is 2.19. The molecule has 2 aromatic rings. The molecule has 1 aromatic heterocycles. The van der Waals surface area contributed by atoms with E-state index in [1.165, 1.54) is 7.05 Å². The van der Waals surface area contributed by atoms with Crippen molar-refractivity contribution in [2.24, 2.45) is 0 Å². The number of nitrogens with zero attached hydrogens (tertiary/aromatic N) is 1. The summed E-state index contributed by atoms with van der Waals surface area (Å²) in [5.74, 6) is -1.44. The summed E-state index contributed by atoms with van der Waals surface area (Å²) in [6.45, 7) is 0. The number of halogens is 3. The molecular formula is C13H9Cl2FN2O2. The average Bonchev–Trinajstić information content (AvgIpc) is 2.40. The number of pyridine rings is 1. The fourth-order valence-electron chi connectivity index (χ4n) is 1.56. The van der Waals surface area contributed by atoms with Crippen LogP contribution in [0.15, 0.2) is 30.3 Å². The van der Waals surface area contributed by atoms with Crippen LogP contribution in [0.3, 0.4) is 0 Å². The number of benzene rings is 1. The molecule has 104 valence electrons. The van der Waals surface area contributed by atoms with Gasteiger partial charge in [0.15, 0.2) is 11.5 Å². The fraction of sp³-hybridized carbons (Fsp3) is 0.0769. The molecule has 1 aromatic carbocycles. The molecule has 0 unspecified atom stereocenters. The van der Waals surface area contributed by atoms with Crippen molar-refractivity contribution in [3.63, 3.8) is 0 Å². The Hall–Kier alpha value is -1.69. The largest absolute Gasteiger partial charge is 0.377 e. The molecule has 20 heavy (non-hydrogen) atoms. The standard InChI is InChI=1S/C13H9Cl2FN2O2/c1-17-20-13(19)12-9(15)6-10(16)11(18-12)7-2-4-8(14)5-3-7/h2-6,17H,1H3. The first-order chi connectivity index (χ1) is 9.52. The van der Waals surface area contributed by atoms with E-state index in [1.54, 1.807) is 24.3 Å². The molecule has 0 amide bonds.